The Labute approximate surface area is 134 Å². The Balaban J connectivity index is 2.34. The smallest absolute Gasteiger partial charge is 0.340 e. The Bertz CT molecular complexity index is 511. The van der Waals surface area contributed by atoms with E-state index in [1.165, 1.54) is 0 Å². The lowest BCUT2D eigenvalue weighted by Gasteiger charge is -2.53. The van der Waals surface area contributed by atoms with Crippen molar-refractivity contribution < 1.29 is 14.3 Å². The van der Waals surface area contributed by atoms with Crippen LogP contribution in [-0.4, -0.2) is 18.9 Å². The van der Waals surface area contributed by atoms with E-state index in [1.807, 2.05) is 18.2 Å². The first kappa shape index (κ1) is 17.0. The fourth-order valence-electron chi connectivity index (χ4n) is 3.56. The van der Waals surface area contributed by atoms with E-state index >= 15 is 0 Å². The van der Waals surface area contributed by atoms with E-state index in [1.54, 1.807) is 19.2 Å². The van der Waals surface area contributed by atoms with Crippen LogP contribution in [0, 0.1) is 17.3 Å². The molecule has 1 aromatic rings. The lowest BCUT2D eigenvalue weighted by atomic mass is 9.61. The maximum atomic E-state index is 12.6. The van der Waals surface area contributed by atoms with Crippen molar-refractivity contribution in [2.24, 2.45) is 17.3 Å². The van der Waals surface area contributed by atoms with Gasteiger partial charge in [0.05, 0.1) is 5.56 Å². The van der Waals surface area contributed by atoms with Crippen LogP contribution in [0.1, 0.15) is 57.3 Å². The second-order valence-electron chi connectivity index (χ2n) is 7.13. The average molecular weight is 304 g/mol. The Kier molecular flexibility index (Phi) is 4.96. The lowest BCUT2D eigenvalue weighted by Crippen LogP contribution is -2.57. The van der Waals surface area contributed by atoms with Crippen molar-refractivity contribution in [1.82, 2.24) is 0 Å². The van der Waals surface area contributed by atoms with Crippen LogP contribution in [0.5, 0.6) is 0 Å². The standard InChI is InChI=1S/C19H28O3/c1-14(2)18(4)12-11-15(3)13-19(18,21-5)22-17(20)16-9-7-6-8-10-16/h6-10,14-15H,11-13H2,1-5H3. The van der Waals surface area contributed by atoms with Crippen LogP contribution in [0.25, 0.3) is 0 Å². The Morgan fingerprint density at radius 1 is 1.27 bits per heavy atom. The summed E-state index contributed by atoms with van der Waals surface area (Å²) in [7, 11) is 1.66. The van der Waals surface area contributed by atoms with E-state index in [4.69, 9.17) is 9.47 Å². The minimum absolute atomic E-state index is 0.182. The molecule has 122 valence electrons. The van der Waals surface area contributed by atoms with E-state index in [2.05, 4.69) is 27.7 Å². The van der Waals surface area contributed by atoms with Crippen molar-refractivity contribution in [2.75, 3.05) is 7.11 Å². The van der Waals surface area contributed by atoms with Gasteiger partial charge in [0.1, 0.15) is 0 Å². The summed E-state index contributed by atoms with van der Waals surface area (Å²) in [6.07, 6.45) is 2.89. The number of benzene rings is 1. The van der Waals surface area contributed by atoms with Crippen LogP contribution in [0.3, 0.4) is 0 Å². The molecule has 0 radical (unpaired) electrons. The molecule has 0 aliphatic heterocycles. The van der Waals surface area contributed by atoms with Crippen LogP contribution < -0.4 is 0 Å². The van der Waals surface area contributed by atoms with Gasteiger partial charge in [-0.1, -0.05) is 45.9 Å². The molecule has 3 heteroatoms. The summed E-state index contributed by atoms with van der Waals surface area (Å²) in [6, 6.07) is 9.15. The molecule has 1 fully saturated rings. The van der Waals surface area contributed by atoms with Crippen LogP contribution in [0.15, 0.2) is 30.3 Å². The van der Waals surface area contributed by atoms with E-state index in [0.29, 0.717) is 17.4 Å². The highest BCUT2D eigenvalue weighted by Gasteiger charge is 2.56. The molecule has 3 nitrogen and oxygen atoms in total. The van der Waals surface area contributed by atoms with E-state index in [0.717, 1.165) is 19.3 Å². The molecule has 1 aromatic carbocycles. The maximum absolute atomic E-state index is 12.6. The third-order valence-electron chi connectivity index (χ3n) is 5.51. The molecule has 0 saturated heterocycles. The predicted molar refractivity (Wildman–Crippen MR) is 87.6 cm³/mol. The van der Waals surface area contributed by atoms with Crippen LogP contribution in [-0.2, 0) is 9.47 Å². The maximum Gasteiger partial charge on any atom is 0.340 e. The number of carbonyl (C=O) groups is 1. The Morgan fingerprint density at radius 2 is 1.91 bits per heavy atom. The van der Waals surface area contributed by atoms with Gasteiger partial charge in [0, 0.05) is 18.9 Å². The fourth-order valence-corrected chi connectivity index (χ4v) is 3.56. The van der Waals surface area contributed by atoms with Crippen molar-refractivity contribution in [2.45, 2.75) is 52.7 Å². The van der Waals surface area contributed by atoms with Crippen LogP contribution in [0.2, 0.25) is 0 Å². The Morgan fingerprint density at radius 3 is 2.45 bits per heavy atom. The van der Waals surface area contributed by atoms with Gasteiger partial charge in [-0.3, -0.25) is 0 Å². The molecule has 3 unspecified atom stereocenters. The zero-order valence-electron chi connectivity index (χ0n) is 14.4. The first-order valence-corrected chi connectivity index (χ1v) is 8.18. The second kappa shape index (κ2) is 6.41. The highest BCUT2D eigenvalue weighted by molar-refractivity contribution is 5.89. The number of rotatable bonds is 4. The largest absolute Gasteiger partial charge is 0.429 e. The van der Waals surface area contributed by atoms with Crippen molar-refractivity contribution >= 4 is 5.97 Å². The van der Waals surface area contributed by atoms with Crippen molar-refractivity contribution in [3.05, 3.63) is 35.9 Å². The van der Waals surface area contributed by atoms with Crippen molar-refractivity contribution in [1.29, 1.82) is 0 Å². The summed E-state index contributed by atoms with van der Waals surface area (Å²) in [5.41, 5.74) is 0.391. The number of hydrogen-bond donors (Lipinski definition) is 0. The van der Waals surface area contributed by atoms with Gasteiger partial charge in [0.2, 0.25) is 5.79 Å². The zero-order chi connectivity index (χ0) is 16.4. The van der Waals surface area contributed by atoms with Gasteiger partial charge in [-0.25, -0.2) is 4.79 Å². The molecule has 0 spiro atoms. The second-order valence-corrected chi connectivity index (χ2v) is 7.13. The minimum atomic E-state index is -0.855. The quantitative estimate of drug-likeness (QED) is 0.599. The summed E-state index contributed by atoms with van der Waals surface area (Å²) < 4.78 is 11.9. The molecule has 1 saturated carbocycles. The summed E-state index contributed by atoms with van der Waals surface area (Å²) in [5, 5.41) is 0. The summed E-state index contributed by atoms with van der Waals surface area (Å²) in [5.74, 6) is -0.312. The van der Waals surface area contributed by atoms with Crippen LogP contribution >= 0.6 is 0 Å². The molecule has 22 heavy (non-hydrogen) atoms. The summed E-state index contributed by atoms with van der Waals surface area (Å²) >= 11 is 0. The van der Waals surface area contributed by atoms with Crippen molar-refractivity contribution in [3.8, 4) is 0 Å². The van der Waals surface area contributed by atoms with Crippen molar-refractivity contribution in [3.63, 3.8) is 0 Å². The molecule has 3 atom stereocenters. The predicted octanol–water partition coefficient (Wildman–Crippen LogP) is 4.67. The molecule has 1 aliphatic rings. The SMILES string of the molecule is COC1(OC(=O)c2ccccc2)CC(C)CCC1(C)C(C)C. The summed E-state index contributed by atoms with van der Waals surface area (Å²) in [4.78, 5) is 12.6. The topological polar surface area (TPSA) is 35.5 Å². The Hall–Kier alpha value is -1.35. The van der Waals surface area contributed by atoms with Crippen LogP contribution in [0.4, 0.5) is 0 Å². The van der Waals surface area contributed by atoms with Gasteiger partial charge >= 0.3 is 5.97 Å². The first-order chi connectivity index (χ1) is 10.3. The van der Waals surface area contributed by atoms with Gasteiger partial charge in [0.25, 0.3) is 0 Å². The molecular weight excluding hydrogens is 276 g/mol. The van der Waals surface area contributed by atoms with Gasteiger partial charge in [-0.15, -0.1) is 0 Å². The molecule has 1 aliphatic carbocycles. The van der Waals surface area contributed by atoms with E-state index in [9.17, 15) is 4.79 Å². The van der Waals surface area contributed by atoms with Gasteiger partial charge in [-0.2, -0.15) is 0 Å². The highest BCUT2D eigenvalue weighted by atomic mass is 16.7. The molecule has 0 amide bonds. The number of hydrogen-bond acceptors (Lipinski definition) is 3. The third-order valence-corrected chi connectivity index (χ3v) is 5.51. The number of methoxy groups -OCH3 is 1. The highest BCUT2D eigenvalue weighted by Crippen LogP contribution is 2.53. The molecule has 0 bridgehead atoms. The molecule has 0 N–H and O–H groups in total. The third kappa shape index (κ3) is 2.91. The van der Waals surface area contributed by atoms with Gasteiger partial charge in [0.15, 0.2) is 0 Å². The number of esters is 1. The molecular formula is C19H28O3. The minimum Gasteiger partial charge on any atom is -0.429 e. The van der Waals surface area contributed by atoms with Gasteiger partial charge in [-0.05, 0) is 36.8 Å². The number of ether oxygens (including phenoxy) is 2. The molecule has 0 aromatic heterocycles. The molecule has 2 rings (SSSR count). The lowest BCUT2D eigenvalue weighted by molar-refractivity contribution is -0.289. The van der Waals surface area contributed by atoms with Gasteiger partial charge < -0.3 is 9.47 Å². The van der Waals surface area contributed by atoms with E-state index < -0.39 is 5.79 Å². The summed E-state index contributed by atoms with van der Waals surface area (Å²) in [6.45, 7) is 8.75. The average Bonchev–Trinajstić information content (AvgIpc) is 2.51. The normalized spacial score (nSPS) is 32.0. The van der Waals surface area contributed by atoms with E-state index in [-0.39, 0.29) is 11.4 Å². The fraction of sp³-hybridized carbons (Fsp3) is 0.632. The zero-order valence-corrected chi connectivity index (χ0v) is 14.4. The first-order valence-electron chi connectivity index (χ1n) is 8.18. The number of carbonyl (C=O) groups excluding carboxylic acids is 1. The monoisotopic (exact) mass is 304 g/mol. The molecule has 0 heterocycles.